The number of carbonyl (C=O) groups is 1. The molecule has 8 heteroatoms. The molecule has 0 aliphatic carbocycles. The van der Waals surface area contributed by atoms with E-state index in [0.717, 1.165) is 25.9 Å². The summed E-state index contributed by atoms with van der Waals surface area (Å²) in [4.78, 5) is 12.3. The molecule has 0 spiro atoms. The molecule has 1 aromatic rings. The molecule has 128 valence electrons. The normalized spacial score (nSPS) is 23.1. The molecule has 23 heavy (non-hydrogen) atoms. The highest BCUT2D eigenvalue weighted by molar-refractivity contribution is 7.93. The second-order valence-corrected chi connectivity index (χ2v) is 7.82. The number of hydrogen-bond donors (Lipinski definition) is 2. The van der Waals surface area contributed by atoms with Gasteiger partial charge in [0.25, 0.3) is 5.91 Å². The van der Waals surface area contributed by atoms with Gasteiger partial charge in [0, 0.05) is 24.7 Å². The summed E-state index contributed by atoms with van der Waals surface area (Å²) < 4.78 is 25.3. The number of piperidine rings is 1. The van der Waals surface area contributed by atoms with Crippen LogP contribution in [0, 0.1) is 0 Å². The monoisotopic (exact) mass is 359 g/mol. The zero-order valence-electron chi connectivity index (χ0n) is 12.8. The molecular weight excluding hydrogens is 338 g/mol. The Hall–Kier alpha value is -1.31. The highest BCUT2D eigenvalue weighted by atomic mass is 35.5. The van der Waals surface area contributed by atoms with E-state index in [4.69, 9.17) is 0 Å². The van der Waals surface area contributed by atoms with E-state index in [-0.39, 0.29) is 30.1 Å². The Kier molecular flexibility index (Phi) is 5.89. The van der Waals surface area contributed by atoms with E-state index >= 15 is 0 Å². The van der Waals surface area contributed by atoms with E-state index in [2.05, 4.69) is 10.6 Å². The maximum absolute atomic E-state index is 12.3. The highest BCUT2D eigenvalue weighted by Gasteiger charge is 2.28. The minimum Gasteiger partial charge on any atom is -0.348 e. The zero-order chi connectivity index (χ0) is 15.6. The lowest BCUT2D eigenvalue weighted by Gasteiger charge is -2.24. The molecule has 6 nitrogen and oxygen atoms in total. The van der Waals surface area contributed by atoms with Crippen LogP contribution in [0.4, 0.5) is 5.69 Å². The molecule has 2 saturated heterocycles. The van der Waals surface area contributed by atoms with Gasteiger partial charge in [0.1, 0.15) is 0 Å². The minimum atomic E-state index is -3.22. The van der Waals surface area contributed by atoms with Crippen LogP contribution < -0.4 is 14.9 Å². The predicted molar refractivity (Wildman–Crippen MR) is 92.8 cm³/mol. The summed E-state index contributed by atoms with van der Waals surface area (Å²) in [6.45, 7) is 2.26. The Morgan fingerprint density at radius 2 is 2.13 bits per heavy atom. The number of benzene rings is 1. The van der Waals surface area contributed by atoms with Crippen molar-refractivity contribution in [3.8, 4) is 0 Å². The first kappa shape index (κ1) is 18.0. The maximum Gasteiger partial charge on any atom is 0.251 e. The van der Waals surface area contributed by atoms with Gasteiger partial charge in [0.2, 0.25) is 10.0 Å². The Bertz CT molecular complexity index is 660. The lowest BCUT2D eigenvalue weighted by molar-refractivity contribution is 0.0930. The van der Waals surface area contributed by atoms with Crippen molar-refractivity contribution in [2.45, 2.75) is 25.3 Å². The number of nitrogens with zero attached hydrogens (tertiary/aromatic N) is 1. The molecule has 0 bridgehead atoms. The molecule has 2 heterocycles. The van der Waals surface area contributed by atoms with E-state index in [1.807, 2.05) is 0 Å². The topological polar surface area (TPSA) is 78.5 Å². The summed E-state index contributed by atoms with van der Waals surface area (Å²) in [7, 11) is -3.22. The summed E-state index contributed by atoms with van der Waals surface area (Å²) in [6.07, 6.45) is 2.66. The van der Waals surface area contributed by atoms with Gasteiger partial charge in [0.05, 0.1) is 11.4 Å². The molecule has 2 N–H and O–H groups in total. The molecule has 0 saturated carbocycles. The number of anilines is 1. The van der Waals surface area contributed by atoms with Crippen LogP contribution >= 0.6 is 12.4 Å². The highest BCUT2D eigenvalue weighted by Crippen LogP contribution is 2.24. The van der Waals surface area contributed by atoms with Crippen molar-refractivity contribution in [2.24, 2.45) is 0 Å². The van der Waals surface area contributed by atoms with Crippen molar-refractivity contribution in [3.05, 3.63) is 29.8 Å². The third-order valence-corrected chi connectivity index (χ3v) is 6.00. The van der Waals surface area contributed by atoms with E-state index in [1.54, 1.807) is 24.3 Å². The summed E-state index contributed by atoms with van der Waals surface area (Å²) in [5, 5.41) is 6.26. The summed E-state index contributed by atoms with van der Waals surface area (Å²) in [6, 6.07) is 6.99. The van der Waals surface area contributed by atoms with Gasteiger partial charge in [-0.15, -0.1) is 12.4 Å². The first-order valence-electron chi connectivity index (χ1n) is 7.68. The fourth-order valence-electron chi connectivity index (χ4n) is 2.98. The van der Waals surface area contributed by atoms with Gasteiger partial charge in [-0.05, 0) is 44.0 Å². The Labute approximate surface area is 143 Å². The smallest absolute Gasteiger partial charge is 0.251 e. The van der Waals surface area contributed by atoms with Crippen LogP contribution in [-0.2, 0) is 10.0 Å². The molecule has 3 rings (SSSR count). The Balaban J connectivity index is 0.00000192. The SMILES string of the molecule is Cl.O=C(N[C@H]1CCCNC1)c1cccc(N2CCCS2(=O)=O)c1. The fraction of sp³-hybridized carbons (Fsp3) is 0.533. The summed E-state index contributed by atoms with van der Waals surface area (Å²) in [5.41, 5.74) is 1.08. The molecular formula is C15H22ClN3O3S. The largest absolute Gasteiger partial charge is 0.348 e. The average Bonchev–Trinajstić information content (AvgIpc) is 2.88. The van der Waals surface area contributed by atoms with Crippen molar-refractivity contribution in [2.75, 3.05) is 29.7 Å². The maximum atomic E-state index is 12.3. The van der Waals surface area contributed by atoms with Gasteiger partial charge in [-0.2, -0.15) is 0 Å². The number of sulfonamides is 1. The van der Waals surface area contributed by atoms with Gasteiger partial charge in [-0.3, -0.25) is 9.10 Å². The molecule has 2 fully saturated rings. The number of amides is 1. The lowest BCUT2D eigenvalue weighted by atomic mass is 10.1. The van der Waals surface area contributed by atoms with Gasteiger partial charge in [0.15, 0.2) is 0 Å². The van der Waals surface area contributed by atoms with Crippen LogP contribution in [0.1, 0.15) is 29.6 Å². The van der Waals surface area contributed by atoms with Crippen molar-refractivity contribution < 1.29 is 13.2 Å². The van der Waals surface area contributed by atoms with Crippen molar-refractivity contribution >= 4 is 34.0 Å². The second-order valence-electron chi connectivity index (χ2n) is 5.81. The fourth-order valence-corrected chi connectivity index (χ4v) is 4.53. The molecule has 0 unspecified atom stereocenters. The predicted octanol–water partition coefficient (Wildman–Crippen LogP) is 1.13. The van der Waals surface area contributed by atoms with Crippen LogP contribution in [0.2, 0.25) is 0 Å². The van der Waals surface area contributed by atoms with Crippen LogP contribution in [0.25, 0.3) is 0 Å². The van der Waals surface area contributed by atoms with Gasteiger partial charge >= 0.3 is 0 Å². The van der Waals surface area contributed by atoms with E-state index in [9.17, 15) is 13.2 Å². The lowest BCUT2D eigenvalue weighted by Crippen LogP contribution is -2.45. The molecule has 1 atom stereocenters. The van der Waals surface area contributed by atoms with Crippen LogP contribution in [0.15, 0.2) is 24.3 Å². The van der Waals surface area contributed by atoms with Crippen LogP contribution in [0.5, 0.6) is 0 Å². The number of nitrogens with one attached hydrogen (secondary N) is 2. The molecule has 1 aromatic carbocycles. The first-order chi connectivity index (χ1) is 10.6. The average molecular weight is 360 g/mol. The standard InChI is InChI=1S/C15H21N3O3S.ClH/c19-15(17-13-5-2-7-16-11-13)12-4-1-6-14(10-12)18-8-3-9-22(18,20)21;/h1,4,6,10,13,16H,2-3,5,7-9,11H2,(H,17,19);1H/t13-;/m0./s1. The molecule has 2 aliphatic heterocycles. The third kappa shape index (κ3) is 4.16. The number of rotatable bonds is 3. The number of hydrogen-bond acceptors (Lipinski definition) is 4. The summed E-state index contributed by atoms with van der Waals surface area (Å²) in [5.74, 6) is 0.0316. The van der Waals surface area contributed by atoms with E-state index in [0.29, 0.717) is 24.2 Å². The quantitative estimate of drug-likeness (QED) is 0.848. The Morgan fingerprint density at radius 1 is 1.30 bits per heavy atom. The zero-order valence-corrected chi connectivity index (χ0v) is 14.5. The molecule has 0 aromatic heterocycles. The Morgan fingerprint density at radius 3 is 2.78 bits per heavy atom. The molecule has 2 aliphatic rings. The number of carbonyl (C=O) groups excluding carboxylic acids is 1. The third-order valence-electron chi connectivity index (χ3n) is 4.13. The first-order valence-corrected chi connectivity index (χ1v) is 9.29. The van der Waals surface area contributed by atoms with Crippen molar-refractivity contribution in [3.63, 3.8) is 0 Å². The van der Waals surface area contributed by atoms with Crippen molar-refractivity contribution in [1.82, 2.24) is 10.6 Å². The minimum absolute atomic E-state index is 0. The van der Waals surface area contributed by atoms with E-state index < -0.39 is 10.0 Å². The molecule has 1 amide bonds. The summed E-state index contributed by atoms with van der Waals surface area (Å²) >= 11 is 0. The van der Waals surface area contributed by atoms with Crippen molar-refractivity contribution in [1.29, 1.82) is 0 Å². The van der Waals surface area contributed by atoms with Gasteiger partial charge in [-0.25, -0.2) is 8.42 Å². The van der Waals surface area contributed by atoms with Gasteiger partial charge in [-0.1, -0.05) is 6.07 Å². The van der Waals surface area contributed by atoms with Gasteiger partial charge < -0.3 is 10.6 Å². The number of halogens is 1. The van der Waals surface area contributed by atoms with Crippen LogP contribution in [-0.4, -0.2) is 45.8 Å². The molecule has 0 radical (unpaired) electrons. The second kappa shape index (κ2) is 7.51. The van der Waals surface area contributed by atoms with E-state index in [1.165, 1.54) is 4.31 Å². The van der Waals surface area contributed by atoms with Crippen LogP contribution in [0.3, 0.4) is 0 Å².